The number of hydrogen-bond donors (Lipinski definition) is 1. The van der Waals surface area contributed by atoms with Gasteiger partial charge in [-0.05, 0) is 30.0 Å². The Labute approximate surface area is 128 Å². The predicted molar refractivity (Wildman–Crippen MR) is 82.8 cm³/mol. The van der Waals surface area contributed by atoms with E-state index >= 15 is 0 Å². The van der Waals surface area contributed by atoms with Crippen molar-refractivity contribution < 1.29 is 17.9 Å². The maximum absolute atomic E-state index is 12.4. The molecule has 0 saturated heterocycles. The number of sulfonamides is 1. The second kappa shape index (κ2) is 6.93. The molecule has 0 unspecified atom stereocenters. The summed E-state index contributed by atoms with van der Waals surface area (Å²) in [7, 11) is -0.714. The fourth-order valence-corrected chi connectivity index (χ4v) is 3.76. The zero-order valence-electron chi connectivity index (χ0n) is 11.8. The van der Waals surface area contributed by atoms with Crippen LogP contribution in [0.25, 0.3) is 0 Å². The van der Waals surface area contributed by atoms with Gasteiger partial charge in [-0.25, -0.2) is 13.1 Å². The SMILES string of the molecule is COc1ccc(OC)c(S(=O)(=O)NCCc2cccs2)c1. The van der Waals surface area contributed by atoms with Gasteiger partial charge in [0.1, 0.15) is 16.4 Å². The molecule has 0 saturated carbocycles. The van der Waals surface area contributed by atoms with Gasteiger partial charge in [0.15, 0.2) is 0 Å². The van der Waals surface area contributed by atoms with E-state index < -0.39 is 10.0 Å². The summed E-state index contributed by atoms with van der Waals surface area (Å²) >= 11 is 1.60. The lowest BCUT2D eigenvalue weighted by atomic mass is 10.3. The van der Waals surface area contributed by atoms with Gasteiger partial charge in [0.25, 0.3) is 0 Å². The van der Waals surface area contributed by atoms with Gasteiger partial charge >= 0.3 is 0 Å². The van der Waals surface area contributed by atoms with Gasteiger partial charge < -0.3 is 9.47 Å². The summed E-state index contributed by atoms with van der Waals surface area (Å²) in [6.07, 6.45) is 0.656. The molecule has 1 aromatic heterocycles. The molecule has 0 amide bonds. The van der Waals surface area contributed by atoms with E-state index in [2.05, 4.69) is 4.72 Å². The number of benzene rings is 1. The third-order valence-electron chi connectivity index (χ3n) is 2.90. The van der Waals surface area contributed by atoms with E-state index in [-0.39, 0.29) is 4.90 Å². The van der Waals surface area contributed by atoms with E-state index in [4.69, 9.17) is 9.47 Å². The fraction of sp³-hybridized carbons (Fsp3) is 0.286. The van der Waals surface area contributed by atoms with Crippen molar-refractivity contribution in [3.05, 3.63) is 40.6 Å². The lowest BCUT2D eigenvalue weighted by Crippen LogP contribution is -2.26. The molecule has 7 heteroatoms. The first kappa shape index (κ1) is 15.8. The van der Waals surface area contributed by atoms with Gasteiger partial charge in [-0.3, -0.25) is 0 Å². The number of ether oxygens (including phenoxy) is 2. The summed E-state index contributed by atoms with van der Waals surface area (Å²) in [5.74, 6) is 0.758. The summed E-state index contributed by atoms with van der Waals surface area (Å²) < 4.78 is 37.5. The highest BCUT2D eigenvalue weighted by Crippen LogP contribution is 2.27. The van der Waals surface area contributed by atoms with Crippen LogP contribution in [0.2, 0.25) is 0 Å². The van der Waals surface area contributed by atoms with Crippen LogP contribution in [-0.4, -0.2) is 29.2 Å². The lowest BCUT2D eigenvalue weighted by Gasteiger charge is -2.11. The first-order valence-electron chi connectivity index (χ1n) is 6.31. The van der Waals surface area contributed by atoms with Crippen LogP contribution in [0, 0.1) is 0 Å². The van der Waals surface area contributed by atoms with Gasteiger partial charge in [-0.15, -0.1) is 11.3 Å². The molecule has 21 heavy (non-hydrogen) atoms. The maximum Gasteiger partial charge on any atom is 0.244 e. The second-order valence-corrected chi connectivity index (χ2v) is 7.01. The normalized spacial score (nSPS) is 11.3. The average Bonchev–Trinajstić information content (AvgIpc) is 2.99. The van der Waals surface area contributed by atoms with Crippen molar-refractivity contribution >= 4 is 21.4 Å². The number of hydrogen-bond acceptors (Lipinski definition) is 5. The Morgan fingerprint density at radius 3 is 2.62 bits per heavy atom. The highest BCUT2D eigenvalue weighted by molar-refractivity contribution is 7.89. The molecule has 1 N–H and O–H groups in total. The Balaban J connectivity index is 2.14. The molecule has 0 bridgehead atoms. The van der Waals surface area contributed by atoms with Crippen molar-refractivity contribution in [1.29, 1.82) is 0 Å². The van der Waals surface area contributed by atoms with Crippen molar-refractivity contribution in [2.75, 3.05) is 20.8 Å². The van der Waals surface area contributed by atoms with E-state index in [9.17, 15) is 8.42 Å². The van der Waals surface area contributed by atoms with Gasteiger partial charge in [0, 0.05) is 17.5 Å². The molecule has 0 aliphatic carbocycles. The molecule has 0 fully saturated rings. The topological polar surface area (TPSA) is 64.6 Å². The fourth-order valence-electron chi connectivity index (χ4n) is 1.84. The van der Waals surface area contributed by atoms with E-state index in [1.807, 2.05) is 17.5 Å². The zero-order chi connectivity index (χ0) is 15.3. The monoisotopic (exact) mass is 327 g/mol. The molecule has 2 rings (SSSR count). The average molecular weight is 327 g/mol. The van der Waals surface area contributed by atoms with Crippen molar-refractivity contribution in [3.63, 3.8) is 0 Å². The molecular weight excluding hydrogens is 310 g/mol. The molecule has 114 valence electrons. The zero-order valence-corrected chi connectivity index (χ0v) is 13.5. The summed E-state index contributed by atoms with van der Waals surface area (Å²) in [5.41, 5.74) is 0. The maximum atomic E-state index is 12.4. The van der Waals surface area contributed by atoms with Gasteiger partial charge in [0.2, 0.25) is 10.0 Å². The molecule has 1 aromatic carbocycles. The molecule has 0 spiro atoms. The standard InChI is InChI=1S/C14H17NO4S2/c1-18-11-5-6-13(19-2)14(10-11)21(16,17)15-8-7-12-4-3-9-20-12/h3-6,9-10,15H,7-8H2,1-2H3. The Kier molecular flexibility index (Phi) is 5.22. The van der Waals surface area contributed by atoms with Gasteiger partial charge in [-0.1, -0.05) is 6.07 Å². The Hall–Kier alpha value is -1.57. The smallest absolute Gasteiger partial charge is 0.244 e. The molecule has 0 aliphatic heterocycles. The van der Waals surface area contributed by atoms with Crippen LogP contribution in [-0.2, 0) is 16.4 Å². The largest absolute Gasteiger partial charge is 0.497 e. The Morgan fingerprint density at radius 2 is 2.00 bits per heavy atom. The van der Waals surface area contributed by atoms with Crippen molar-refractivity contribution in [3.8, 4) is 11.5 Å². The van der Waals surface area contributed by atoms with Crippen LogP contribution in [0.5, 0.6) is 11.5 Å². The Morgan fingerprint density at radius 1 is 1.19 bits per heavy atom. The second-order valence-electron chi connectivity index (χ2n) is 4.24. The minimum Gasteiger partial charge on any atom is -0.497 e. The van der Waals surface area contributed by atoms with E-state index in [0.717, 1.165) is 4.88 Å². The first-order valence-corrected chi connectivity index (χ1v) is 8.67. The first-order chi connectivity index (χ1) is 10.1. The van der Waals surface area contributed by atoms with E-state index in [0.29, 0.717) is 24.5 Å². The van der Waals surface area contributed by atoms with Gasteiger partial charge in [0.05, 0.1) is 14.2 Å². The highest BCUT2D eigenvalue weighted by atomic mass is 32.2. The predicted octanol–water partition coefficient (Wildman–Crippen LogP) is 2.29. The summed E-state index contributed by atoms with van der Waals surface area (Å²) in [6.45, 7) is 0.337. The highest BCUT2D eigenvalue weighted by Gasteiger charge is 2.20. The van der Waals surface area contributed by atoms with E-state index in [1.54, 1.807) is 23.5 Å². The summed E-state index contributed by atoms with van der Waals surface area (Å²) in [4.78, 5) is 1.21. The number of methoxy groups -OCH3 is 2. The number of thiophene rings is 1. The van der Waals surface area contributed by atoms with Crippen LogP contribution in [0.1, 0.15) is 4.88 Å². The van der Waals surface area contributed by atoms with Crippen LogP contribution >= 0.6 is 11.3 Å². The third kappa shape index (κ3) is 3.96. The Bertz CT molecular complexity index is 681. The number of nitrogens with one attached hydrogen (secondary N) is 1. The van der Waals surface area contributed by atoms with Crippen molar-refractivity contribution in [2.24, 2.45) is 0 Å². The summed E-state index contributed by atoms with van der Waals surface area (Å²) in [6, 6.07) is 8.60. The molecular formula is C14H17NO4S2. The molecule has 1 heterocycles. The lowest BCUT2D eigenvalue weighted by molar-refractivity contribution is 0.392. The van der Waals surface area contributed by atoms with Crippen LogP contribution in [0.3, 0.4) is 0 Å². The summed E-state index contributed by atoms with van der Waals surface area (Å²) in [5, 5.41) is 1.97. The molecule has 2 aromatic rings. The van der Waals surface area contributed by atoms with Crippen LogP contribution in [0.4, 0.5) is 0 Å². The third-order valence-corrected chi connectivity index (χ3v) is 5.32. The van der Waals surface area contributed by atoms with Crippen LogP contribution in [0.15, 0.2) is 40.6 Å². The quantitative estimate of drug-likeness (QED) is 0.847. The van der Waals surface area contributed by atoms with E-state index in [1.165, 1.54) is 20.3 Å². The minimum atomic E-state index is -3.64. The molecule has 0 radical (unpaired) electrons. The minimum absolute atomic E-state index is 0.0792. The molecule has 0 aliphatic rings. The van der Waals surface area contributed by atoms with Gasteiger partial charge in [-0.2, -0.15) is 0 Å². The van der Waals surface area contributed by atoms with Crippen molar-refractivity contribution in [1.82, 2.24) is 4.72 Å². The van der Waals surface area contributed by atoms with Crippen LogP contribution < -0.4 is 14.2 Å². The molecule has 0 atom stereocenters. The number of rotatable bonds is 7. The molecule has 5 nitrogen and oxygen atoms in total. The van der Waals surface area contributed by atoms with Crippen molar-refractivity contribution in [2.45, 2.75) is 11.3 Å².